The molecule has 0 spiro atoms. The highest BCUT2D eigenvalue weighted by Crippen LogP contribution is 2.49. The molecule has 0 bridgehead atoms. The molecule has 0 saturated carbocycles. The average molecular weight is 241 g/mol. The number of hydrogen-bond acceptors (Lipinski definition) is 6. The van der Waals surface area contributed by atoms with Gasteiger partial charge in [0, 0.05) is 0 Å². The number of rotatable bonds is 8. The zero-order valence-electron chi connectivity index (χ0n) is 8.71. The van der Waals surface area contributed by atoms with Crippen molar-refractivity contribution < 1.29 is 28.0 Å². The van der Waals surface area contributed by atoms with E-state index < -0.39 is 26.4 Å². The van der Waals surface area contributed by atoms with E-state index in [-0.39, 0.29) is 13.2 Å². The van der Waals surface area contributed by atoms with Crippen LogP contribution in [0.25, 0.3) is 0 Å². The van der Waals surface area contributed by atoms with Crippen LogP contribution in [0.2, 0.25) is 0 Å². The van der Waals surface area contributed by atoms with Gasteiger partial charge in [0.2, 0.25) is 0 Å². The van der Waals surface area contributed by atoms with Crippen molar-refractivity contribution in [2.75, 3.05) is 19.8 Å². The Morgan fingerprint density at radius 1 is 1.33 bits per heavy atom. The second kappa shape index (κ2) is 6.92. The highest BCUT2D eigenvalue weighted by molar-refractivity contribution is 7.48. The van der Waals surface area contributed by atoms with Crippen molar-refractivity contribution in [2.45, 2.75) is 19.9 Å². The molecule has 0 aromatic heterocycles. The van der Waals surface area contributed by atoms with Gasteiger partial charge in [-0.15, -0.1) is 0 Å². The first-order valence-corrected chi connectivity index (χ1v) is 5.93. The van der Waals surface area contributed by atoms with Gasteiger partial charge in [0.1, 0.15) is 6.04 Å². The maximum Gasteiger partial charge on any atom is 0.474 e. The number of aliphatic carboxylic acids is 1. The number of phosphoric acid groups is 1. The molecule has 0 heterocycles. The summed E-state index contributed by atoms with van der Waals surface area (Å²) in [5, 5.41) is 8.46. The van der Waals surface area contributed by atoms with E-state index in [0.29, 0.717) is 0 Å². The fourth-order valence-corrected chi connectivity index (χ4v) is 1.87. The Balaban J connectivity index is 4.18. The monoisotopic (exact) mass is 241 g/mol. The first-order chi connectivity index (χ1) is 6.95. The number of nitrogens with two attached hydrogens (primary N) is 1. The molecule has 7 nitrogen and oxygen atoms in total. The van der Waals surface area contributed by atoms with Crippen molar-refractivity contribution in [2.24, 2.45) is 5.73 Å². The number of phosphoric ester groups is 1. The lowest BCUT2D eigenvalue weighted by molar-refractivity contribution is -0.139. The molecule has 0 aliphatic carbocycles. The Labute approximate surface area is 88.1 Å². The molecular formula is C7H16NO6P. The van der Waals surface area contributed by atoms with Crippen LogP contribution in [0, 0.1) is 0 Å². The quantitative estimate of drug-likeness (QED) is 0.599. The van der Waals surface area contributed by atoms with Gasteiger partial charge in [0.05, 0.1) is 19.8 Å². The smallest absolute Gasteiger partial charge is 0.474 e. The largest absolute Gasteiger partial charge is 0.480 e. The Bertz CT molecular complexity index is 236. The van der Waals surface area contributed by atoms with Crippen LogP contribution in [-0.4, -0.2) is 36.9 Å². The van der Waals surface area contributed by atoms with Crippen molar-refractivity contribution in [3.63, 3.8) is 0 Å². The molecule has 0 aliphatic heterocycles. The maximum atomic E-state index is 11.6. The van der Waals surface area contributed by atoms with E-state index in [0.717, 1.165) is 0 Å². The first-order valence-electron chi connectivity index (χ1n) is 4.47. The molecule has 0 amide bonds. The molecule has 90 valence electrons. The minimum absolute atomic E-state index is 0.138. The molecule has 1 atom stereocenters. The highest BCUT2D eigenvalue weighted by atomic mass is 31.2. The summed E-state index contributed by atoms with van der Waals surface area (Å²) in [6.45, 7) is 3.09. The SMILES string of the molecule is CCOP(=O)(OCC)OCC(N)C(=O)O. The van der Waals surface area contributed by atoms with Gasteiger partial charge < -0.3 is 10.8 Å². The lowest BCUT2D eigenvalue weighted by atomic mass is 10.3. The Morgan fingerprint density at radius 2 is 1.80 bits per heavy atom. The zero-order valence-corrected chi connectivity index (χ0v) is 9.61. The minimum atomic E-state index is -3.66. The van der Waals surface area contributed by atoms with Gasteiger partial charge in [-0.25, -0.2) is 4.57 Å². The molecular weight excluding hydrogens is 225 g/mol. The molecule has 0 aromatic carbocycles. The van der Waals surface area contributed by atoms with Gasteiger partial charge in [-0.05, 0) is 13.8 Å². The Morgan fingerprint density at radius 3 is 2.13 bits per heavy atom. The van der Waals surface area contributed by atoms with Crippen LogP contribution in [0.5, 0.6) is 0 Å². The molecule has 15 heavy (non-hydrogen) atoms. The lowest BCUT2D eigenvalue weighted by Crippen LogP contribution is -2.34. The van der Waals surface area contributed by atoms with Crippen molar-refractivity contribution in [3.8, 4) is 0 Å². The molecule has 0 radical (unpaired) electrons. The zero-order chi connectivity index (χ0) is 11.9. The van der Waals surface area contributed by atoms with Gasteiger partial charge >= 0.3 is 13.8 Å². The molecule has 1 unspecified atom stereocenters. The summed E-state index contributed by atoms with van der Waals surface area (Å²) in [6, 6.07) is -1.25. The summed E-state index contributed by atoms with van der Waals surface area (Å²) >= 11 is 0. The van der Waals surface area contributed by atoms with Crippen molar-refractivity contribution in [1.82, 2.24) is 0 Å². The first kappa shape index (κ1) is 14.5. The van der Waals surface area contributed by atoms with Crippen LogP contribution in [-0.2, 0) is 22.9 Å². The van der Waals surface area contributed by atoms with Crippen LogP contribution in [0.1, 0.15) is 13.8 Å². The second-order valence-corrected chi connectivity index (χ2v) is 4.19. The topological polar surface area (TPSA) is 108 Å². The third-order valence-corrected chi connectivity index (χ3v) is 2.92. The van der Waals surface area contributed by atoms with E-state index in [1.54, 1.807) is 13.8 Å². The maximum absolute atomic E-state index is 11.6. The highest BCUT2D eigenvalue weighted by Gasteiger charge is 2.27. The summed E-state index contributed by atoms with van der Waals surface area (Å²) < 4.78 is 25.9. The van der Waals surface area contributed by atoms with Gasteiger partial charge in [-0.3, -0.25) is 18.4 Å². The van der Waals surface area contributed by atoms with E-state index >= 15 is 0 Å². The normalized spacial score (nSPS) is 13.8. The third kappa shape index (κ3) is 5.86. The lowest BCUT2D eigenvalue weighted by Gasteiger charge is -2.17. The van der Waals surface area contributed by atoms with Gasteiger partial charge in [0.25, 0.3) is 0 Å². The van der Waals surface area contributed by atoms with Gasteiger partial charge in [-0.2, -0.15) is 0 Å². The molecule has 0 fully saturated rings. The molecule has 0 rings (SSSR count). The van der Waals surface area contributed by atoms with Crippen molar-refractivity contribution in [1.29, 1.82) is 0 Å². The fraction of sp³-hybridized carbons (Fsp3) is 0.857. The molecule has 0 aliphatic rings. The standard InChI is InChI=1S/C7H16NO6P/c1-3-12-15(11,13-4-2)14-5-6(8)7(9)10/h6H,3-5,8H2,1-2H3,(H,9,10). The molecule has 0 saturated heterocycles. The Kier molecular flexibility index (Phi) is 6.71. The van der Waals surface area contributed by atoms with Crippen molar-refractivity contribution >= 4 is 13.8 Å². The third-order valence-electron chi connectivity index (χ3n) is 1.30. The number of carbonyl (C=O) groups is 1. The predicted octanol–water partition coefficient (Wildman–Crippen LogP) is 0.596. The number of carboxylic acids is 1. The van der Waals surface area contributed by atoms with Gasteiger partial charge in [0.15, 0.2) is 0 Å². The summed E-state index contributed by atoms with van der Waals surface area (Å²) in [7, 11) is -3.66. The van der Waals surface area contributed by atoms with Crippen LogP contribution < -0.4 is 5.73 Å². The van der Waals surface area contributed by atoms with E-state index in [1.807, 2.05) is 0 Å². The number of carboxylic acid groups (broad SMARTS) is 1. The van der Waals surface area contributed by atoms with Crippen molar-refractivity contribution in [3.05, 3.63) is 0 Å². The average Bonchev–Trinajstić information content (AvgIpc) is 2.15. The van der Waals surface area contributed by atoms with E-state index in [1.165, 1.54) is 0 Å². The second-order valence-electron chi connectivity index (χ2n) is 2.52. The number of hydrogen-bond donors (Lipinski definition) is 2. The summed E-state index contributed by atoms with van der Waals surface area (Å²) in [5.41, 5.74) is 5.16. The molecule has 8 heteroatoms. The van der Waals surface area contributed by atoms with Crippen LogP contribution in [0.3, 0.4) is 0 Å². The predicted molar refractivity (Wildman–Crippen MR) is 52.4 cm³/mol. The molecule has 0 aromatic rings. The van der Waals surface area contributed by atoms with Crippen LogP contribution in [0.4, 0.5) is 0 Å². The summed E-state index contributed by atoms with van der Waals surface area (Å²) in [4.78, 5) is 10.4. The fourth-order valence-electron chi connectivity index (χ4n) is 0.671. The van der Waals surface area contributed by atoms with E-state index in [2.05, 4.69) is 0 Å². The van der Waals surface area contributed by atoms with Crippen LogP contribution >= 0.6 is 7.82 Å². The van der Waals surface area contributed by atoms with E-state index in [9.17, 15) is 9.36 Å². The van der Waals surface area contributed by atoms with E-state index in [4.69, 9.17) is 24.4 Å². The van der Waals surface area contributed by atoms with Gasteiger partial charge in [-0.1, -0.05) is 0 Å². The Hall–Kier alpha value is -0.460. The van der Waals surface area contributed by atoms with Crippen LogP contribution in [0.15, 0.2) is 0 Å². The summed E-state index contributed by atoms with van der Waals surface area (Å²) in [5.74, 6) is -1.24. The minimum Gasteiger partial charge on any atom is -0.480 e. The molecule has 3 N–H and O–H groups in total. The summed E-state index contributed by atoms with van der Waals surface area (Å²) in [6.07, 6.45) is 0.